The number of benzene rings is 2. The number of carbonyl (C=O) groups is 2. The highest BCUT2D eigenvalue weighted by Crippen LogP contribution is 2.34. The van der Waals surface area contributed by atoms with Gasteiger partial charge in [0.1, 0.15) is 5.75 Å². The molecule has 8 nitrogen and oxygen atoms in total. The summed E-state index contributed by atoms with van der Waals surface area (Å²) in [5.41, 5.74) is 2.33. The molecule has 2 aliphatic heterocycles. The molecule has 0 atom stereocenters. The summed E-state index contributed by atoms with van der Waals surface area (Å²) in [6.07, 6.45) is 0.649. The number of nitro groups is 1. The number of amides is 2. The molecule has 2 heterocycles. The summed E-state index contributed by atoms with van der Waals surface area (Å²) < 4.78 is 5.34. The average Bonchev–Trinajstić information content (AvgIpc) is 3.03. The normalized spacial score (nSPS) is 15.0. The molecule has 0 bridgehead atoms. The molecular weight excluding hydrogens is 326 g/mol. The maximum atomic E-state index is 12.9. The Morgan fingerprint density at radius 1 is 1.24 bits per heavy atom. The molecule has 1 N–H and O–H groups in total. The van der Waals surface area contributed by atoms with Crippen LogP contribution in [0.15, 0.2) is 36.4 Å². The Bertz CT molecular complexity index is 924. The lowest BCUT2D eigenvalue weighted by molar-refractivity contribution is -0.384. The van der Waals surface area contributed by atoms with Crippen molar-refractivity contribution >= 4 is 28.9 Å². The van der Waals surface area contributed by atoms with Crippen LogP contribution in [0.25, 0.3) is 0 Å². The van der Waals surface area contributed by atoms with E-state index in [9.17, 15) is 19.7 Å². The van der Waals surface area contributed by atoms with E-state index in [1.165, 1.54) is 17.0 Å². The van der Waals surface area contributed by atoms with Gasteiger partial charge < -0.3 is 15.0 Å². The maximum absolute atomic E-state index is 12.9. The Kier molecular flexibility index (Phi) is 3.38. The third kappa shape index (κ3) is 2.57. The van der Waals surface area contributed by atoms with Crippen LogP contribution in [-0.4, -0.2) is 29.9 Å². The first-order valence-corrected chi connectivity index (χ1v) is 7.69. The van der Waals surface area contributed by atoms with Crippen LogP contribution in [0.3, 0.4) is 0 Å². The van der Waals surface area contributed by atoms with E-state index in [1.54, 1.807) is 24.3 Å². The number of fused-ring (bicyclic) bond motifs is 2. The van der Waals surface area contributed by atoms with Crippen molar-refractivity contribution in [2.75, 3.05) is 23.4 Å². The second-order valence-corrected chi connectivity index (χ2v) is 5.82. The summed E-state index contributed by atoms with van der Waals surface area (Å²) in [5, 5.41) is 13.7. The number of anilines is 2. The molecule has 0 fully saturated rings. The van der Waals surface area contributed by atoms with E-state index in [4.69, 9.17) is 4.74 Å². The van der Waals surface area contributed by atoms with Crippen molar-refractivity contribution < 1.29 is 19.2 Å². The lowest BCUT2D eigenvalue weighted by Crippen LogP contribution is -2.30. The molecule has 126 valence electrons. The smallest absolute Gasteiger partial charge is 0.271 e. The highest BCUT2D eigenvalue weighted by molar-refractivity contribution is 6.08. The van der Waals surface area contributed by atoms with Gasteiger partial charge >= 0.3 is 0 Å². The molecule has 0 saturated carbocycles. The van der Waals surface area contributed by atoms with E-state index >= 15 is 0 Å². The fraction of sp³-hybridized carbons (Fsp3) is 0.176. The third-order valence-electron chi connectivity index (χ3n) is 4.28. The zero-order chi connectivity index (χ0) is 17.6. The molecule has 2 aromatic carbocycles. The Morgan fingerprint density at radius 2 is 2.08 bits per heavy atom. The minimum atomic E-state index is -0.476. The van der Waals surface area contributed by atoms with E-state index in [0.717, 1.165) is 5.56 Å². The van der Waals surface area contributed by atoms with Gasteiger partial charge in [0.05, 0.1) is 16.3 Å². The van der Waals surface area contributed by atoms with Gasteiger partial charge in [0.2, 0.25) is 0 Å². The van der Waals surface area contributed by atoms with Crippen molar-refractivity contribution in [1.82, 2.24) is 0 Å². The summed E-state index contributed by atoms with van der Waals surface area (Å²) in [5.74, 6) is -0.0705. The van der Waals surface area contributed by atoms with E-state index in [1.807, 2.05) is 0 Å². The minimum absolute atomic E-state index is 0.0464. The zero-order valence-electron chi connectivity index (χ0n) is 13.0. The lowest BCUT2D eigenvalue weighted by Gasteiger charge is -2.21. The number of hydrogen-bond acceptors (Lipinski definition) is 5. The molecule has 8 heteroatoms. The van der Waals surface area contributed by atoms with Crippen LogP contribution in [0, 0.1) is 10.1 Å². The maximum Gasteiger partial charge on any atom is 0.271 e. The standard InChI is InChI=1S/C17H13N3O5/c21-16-9-25-15-7-11(2-4-13(15)18-16)17(22)19-6-5-10-1-3-12(20(23)24)8-14(10)19/h1-4,7-8H,5-6,9H2,(H,18,21). The topological polar surface area (TPSA) is 102 Å². The van der Waals surface area contributed by atoms with Crippen LogP contribution >= 0.6 is 0 Å². The molecule has 2 aromatic rings. The molecule has 0 aromatic heterocycles. The number of nitrogens with zero attached hydrogens (tertiary/aromatic N) is 2. The van der Waals surface area contributed by atoms with Crippen LogP contribution in [0.1, 0.15) is 15.9 Å². The number of hydrogen-bond donors (Lipinski definition) is 1. The van der Waals surface area contributed by atoms with Crippen molar-refractivity contribution in [1.29, 1.82) is 0 Å². The van der Waals surface area contributed by atoms with Gasteiger partial charge in [0.25, 0.3) is 17.5 Å². The second-order valence-electron chi connectivity index (χ2n) is 5.82. The van der Waals surface area contributed by atoms with Crippen molar-refractivity contribution in [2.24, 2.45) is 0 Å². The second kappa shape index (κ2) is 5.59. The third-order valence-corrected chi connectivity index (χ3v) is 4.28. The Morgan fingerprint density at radius 3 is 2.88 bits per heavy atom. The first-order valence-electron chi connectivity index (χ1n) is 7.69. The molecule has 2 aliphatic rings. The summed E-state index contributed by atoms with van der Waals surface area (Å²) in [6, 6.07) is 9.35. The van der Waals surface area contributed by atoms with Crippen LogP contribution in [0.5, 0.6) is 5.75 Å². The summed E-state index contributed by atoms with van der Waals surface area (Å²) in [4.78, 5) is 36.2. The predicted molar refractivity (Wildman–Crippen MR) is 89.0 cm³/mol. The summed E-state index contributed by atoms with van der Waals surface area (Å²) in [6.45, 7) is 0.368. The summed E-state index contributed by atoms with van der Waals surface area (Å²) in [7, 11) is 0. The van der Waals surface area contributed by atoms with Crippen LogP contribution < -0.4 is 15.0 Å². The van der Waals surface area contributed by atoms with Crippen LogP contribution in [-0.2, 0) is 11.2 Å². The van der Waals surface area contributed by atoms with E-state index in [0.29, 0.717) is 35.7 Å². The highest BCUT2D eigenvalue weighted by atomic mass is 16.6. The van der Waals surface area contributed by atoms with Crippen molar-refractivity contribution in [3.8, 4) is 5.75 Å². The molecule has 0 saturated heterocycles. The number of rotatable bonds is 2. The number of nitrogens with one attached hydrogen (secondary N) is 1. The number of carbonyl (C=O) groups excluding carboxylic acids is 2. The quantitative estimate of drug-likeness (QED) is 0.667. The zero-order valence-corrected chi connectivity index (χ0v) is 13.0. The fourth-order valence-corrected chi connectivity index (χ4v) is 3.06. The van der Waals surface area contributed by atoms with Gasteiger partial charge in [-0.2, -0.15) is 0 Å². The van der Waals surface area contributed by atoms with E-state index in [2.05, 4.69) is 5.32 Å². The minimum Gasteiger partial charge on any atom is -0.482 e. The number of ether oxygens (including phenoxy) is 1. The van der Waals surface area contributed by atoms with Crippen molar-refractivity contribution in [3.05, 3.63) is 57.6 Å². The van der Waals surface area contributed by atoms with E-state index in [-0.39, 0.29) is 24.1 Å². The molecule has 0 spiro atoms. The fourth-order valence-electron chi connectivity index (χ4n) is 3.06. The Balaban J connectivity index is 1.66. The van der Waals surface area contributed by atoms with Crippen molar-refractivity contribution in [3.63, 3.8) is 0 Å². The molecule has 0 unspecified atom stereocenters. The Labute approximate surface area is 142 Å². The first-order chi connectivity index (χ1) is 12.0. The first kappa shape index (κ1) is 15.1. The van der Waals surface area contributed by atoms with Gasteiger partial charge in [0.15, 0.2) is 6.61 Å². The summed E-state index contributed by atoms with van der Waals surface area (Å²) >= 11 is 0. The monoisotopic (exact) mass is 339 g/mol. The highest BCUT2D eigenvalue weighted by Gasteiger charge is 2.28. The van der Waals surface area contributed by atoms with Crippen LogP contribution in [0.2, 0.25) is 0 Å². The average molecular weight is 339 g/mol. The van der Waals surface area contributed by atoms with Gasteiger partial charge in [-0.15, -0.1) is 0 Å². The molecular formula is C17H13N3O5. The lowest BCUT2D eigenvalue weighted by atomic mass is 10.1. The van der Waals surface area contributed by atoms with Gasteiger partial charge in [-0.05, 0) is 30.2 Å². The SMILES string of the molecule is O=C1COc2cc(C(=O)N3CCc4ccc([N+](=O)[O-])cc43)ccc2N1. The van der Waals surface area contributed by atoms with Gasteiger partial charge in [-0.1, -0.05) is 6.07 Å². The molecule has 4 rings (SSSR count). The largest absolute Gasteiger partial charge is 0.482 e. The molecule has 2 amide bonds. The van der Waals surface area contributed by atoms with Gasteiger partial charge in [0, 0.05) is 24.2 Å². The predicted octanol–water partition coefficient (Wildman–Crippen LogP) is 2.13. The van der Waals surface area contributed by atoms with Gasteiger partial charge in [-0.3, -0.25) is 19.7 Å². The number of non-ortho nitro benzene ring substituents is 1. The molecule has 25 heavy (non-hydrogen) atoms. The Hall–Kier alpha value is -3.42. The molecule has 0 aliphatic carbocycles. The van der Waals surface area contributed by atoms with Crippen molar-refractivity contribution in [2.45, 2.75) is 6.42 Å². The van der Waals surface area contributed by atoms with Crippen LogP contribution in [0.4, 0.5) is 17.1 Å². The number of nitro benzene ring substituents is 1. The molecule has 0 radical (unpaired) electrons. The van der Waals surface area contributed by atoms with E-state index < -0.39 is 4.92 Å². The van der Waals surface area contributed by atoms with Gasteiger partial charge in [-0.25, -0.2) is 0 Å².